The Kier molecular flexibility index (Phi) is 6.64. The fourth-order valence-electron chi connectivity index (χ4n) is 2.85. The standard InChI is InChI=1S/C22H21ClN4O3/c1-14-18(15(2)27(26-14)17-8-5-4-6-9-17)11-12-20(28)30-16(3)22(29)25-19-10-7-13-24-21(19)23/h4-13,16H,1-3H3,(H,25,29)/b12-11-/t16-/m0/s1. The number of anilines is 1. The van der Waals surface area contributed by atoms with Crippen LogP contribution >= 0.6 is 11.6 Å². The molecule has 0 unspecified atom stereocenters. The summed E-state index contributed by atoms with van der Waals surface area (Å²) in [5.41, 5.74) is 3.76. The largest absolute Gasteiger partial charge is 0.449 e. The van der Waals surface area contributed by atoms with Crippen molar-refractivity contribution in [2.24, 2.45) is 0 Å². The van der Waals surface area contributed by atoms with E-state index < -0.39 is 18.0 Å². The van der Waals surface area contributed by atoms with Crippen molar-refractivity contribution < 1.29 is 14.3 Å². The number of amides is 1. The smallest absolute Gasteiger partial charge is 0.331 e. The number of nitrogens with one attached hydrogen (secondary N) is 1. The first kappa shape index (κ1) is 21.3. The van der Waals surface area contributed by atoms with E-state index in [-0.39, 0.29) is 5.15 Å². The average molecular weight is 425 g/mol. The summed E-state index contributed by atoms with van der Waals surface area (Å²) in [4.78, 5) is 28.3. The number of rotatable bonds is 6. The van der Waals surface area contributed by atoms with Gasteiger partial charge in [0.1, 0.15) is 0 Å². The lowest BCUT2D eigenvalue weighted by Crippen LogP contribution is -2.29. The third-order valence-electron chi connectivity index (χ3n) is 4.41. The lowest BCUT2D eigenvalue weighted by molar-refractivity contribution is -0.148. The summed E-state index contributed by atoms with van der Waals surface area (Å²) in [6.45, 7) is 5.27. The van der Waals surface area contributed by atoms with E-state index in [2.05, 4.69) is 15.4 Å². The number of carbonyl (C=O) groups excluding carboxylic acids is 2. The Morgan fingerprint density at radius 1 is 1.17 bits per heavy atom. The topological polar surface area (TPSA) is 86.1 Å². The summed E-state index contributed by atoms with van der Waals surface area (Å²) in [5, 5.41) is 7.27. The van der Waals surface area contributed by atoms with Crippen LogP contribution in [0.25, 0.3) is 11.8 Å². The molecule has 0 bridgehead atoms. The summed E-state index contributed by atoms with van der Waals surface area (Å²) >= 11 is 5.92. The second kappa shape index (κ2) is 9.37. The third kappa shape index (κ3) is 4.93. The number of hydrogen-bond acceptors (Lipinski definition) is 5. The van der Waals surface area contributed by atoms with E-state index in [1.807, 2.05) is 48.9 Å². The SMILES string of the molecule is Cc1nn(-c2ccccc2)c(C)c1/C=C\C(=O)O[C@@H](C)C(=O)Nc1cccnc1Cl. The van der Waals surface area contributed by atoms with Gasteiger partial charge in [-0.2, -0.15) is 5.10 Å². The molecule has 2 heterocycles. The highest BCUT2D eigenvalue weighted by molar-refractivity contribution is 6.32. The van der Waals surface area contributed by atoms with Gasteiger partial charge in [-0.1, -0.05) is 29.8 Å². The molecule has 30 heavy (non-hydrogen) atoms. The number of nitrogens with zero attached hydrogens (tertiary/aromatic N) is 3. The van der Waals surface area contributed by atoms with Crippen molar-refractivity contribution in [2.45, 2.75) is 26.9 Å². The van der Waals surface area contributed by atoms with Crippen molar-refractivity contribution in [3.63, 3.8) is 0 Å². The van der Waals surface area contributed by atoms with Crippen LogP contribution < -0.4 is 5.32 Å². The van der Waals surface area contributed by atoms with E-state index >= 15 is 0 Å². The quantitative estimate of drug-likeness (QED) is 0.365. The van der Waals surface area contributed by atoms with Crippen molar-refractivity contribution in [3.05, 3.63) is 76.8 Å². The zero-order valence-electron chi connectivity index (χ0n) is 16.8. The predicted octanol–water partition coefficient (Wildman–Crippen LogP) is 4.12. The monoisotopic (exact) mass is 424 g/mol. The predicted molar refractivity (Wildman–Crippen MR) is 116 cm³/mol. The molecule has 1 amide bonds. The maximum Gasteiger partial charge on any atom is 0.331 e. The number of halogens is 1. The number of hydrogen-bond donors (Lipinski definition) is 1. The Morgan fingerprint density at radius 3 is 2.60 bits per heavy atom. The molecular formula is C22H21ClN4O3. The molecule has 3 aromatic rings. The molecule has 0 aliphatic heterocycles. The number of ether oxygens (including phenoxy) is 1. The molecule has 0 aliphatic carbocycles. The molecular weight excluding hydrogens is 404 g/mol. The van der Waals surface area contributed by atoms with Crippen molar-refractivity contribution >= 4 is 35.2 Å². The molecule has 8 heteroatoms. The molecule has 1 aromatic carbocycles. The van der Waals surface area contributed by atoms with E-state index in [0.717, 1.165) is 22.6 Å². The van der Waals surface area contributed by atoms with Crippen LogP contribution in [0.3, 0.4) is 0 Å². The highest BCUT2D eigenvalue weighted by Gasteiger charge is 2.18. The molecule has 0 radical (unpaired) electrons. The second-order valence-corrected chi connectivity index (χ2v) is 6.93. The number of pyridine rings is 1. The van der Waals surface area contributed by atoms with Crippen LogP contribution in [0.15, 0.2) is 54.7 Å². The summed E-state index contributed by atoms with van der Waals surface area (Å²) in [5.74, 6) is -1.14. The second-order valence-electron chi connectivity index (χ2n) is 6.58. The van der Waals surface area contributed by atoms with E-state index in [1.54, 1.807) is 18.2 Å². The Labute approximate surface area is 179 Å². The number of aromatic nitrogens is 3. The molecule has 0 saturated heterocycles. The molecule has 3 rings (SSSR count). The normalized spacial score (nSPS) is 12.0. The van der Waals surface area contributed by atoms with Gasteiger partial charge >= 0.3 is 5.97 Å². The molecule has 1 N–H and O–H groups in total. The van der Waals surface area contributed by atoms with Crippen LogP contribution in [0.2, 0.25) is 5.15 Å². The van der Waals surface area contributed by atoms with Gasteiger partial charge in [-0.3, -0.25) is 4.79 Å². The van der Waals surface area contributed by atoms with Crippen LogP contribution in [0.1, 0.15) is 23.9 Å². The molecule has 1 atom stereocenters. The first-order chi connectivity index (χ1) is 14.4. The minimum Gasteiger partial charge on any atom is -0.449 e. The summed E-state index contributed by atoms with van der Waals surface area (Å²) in [6.07, 6.45) is 3.43. The Balaban J connectivity index is 1.65. The summed E-state index contributed by atoms with van der Waals surface area (Å²) in [7, 11) is 0. The van der Waals surface area contributed by atoms with Crippen LogP contribution in [-0.4, -0.2) is 32.7 Å². The molecule has 154 valence electrons. The van der Waals surface area contributed by atoms with Gasteiger partial charge in [-0.05, 0) is 51.1 Å². The zero-order valence-corrected chi connectivity index (χ0v) is 17.6. The molecule has 0 aliphatic rings. The molecule has 7 nitrogen and oxygen atoms in total. The molecule has 2 aromatic heterocycles. The minimum absolute atomic E-state index is 0.158. The number of carbonyl (C=O) groups is 2. The maximum absolute atomic E-state index is 12.2. The van der Waals surface area contributed by atoms with E-state index in [1.165, 1.54) is 19.2 Å². The van der Waals surface area contributed by atoms with E-state index in [4.69, 9.17) is 16.3 Å². The van der Waals surface area contributed by atoms with Gasteiger partial charge in [-0.25, -0.2) is 14.5 Å². The van der Waals surface area contributed by atoms with Crippen LogP contribution in [0.5, 0.6) is 0 Å². The average Bonchev–Trinajstić information content (AvgIpc) is 3.02. The van der Waals surface area contributed by atoms with Gasteiger partial charge in [0, 0.05) is 23.5 Å². The zero-order chi connectivity index (χ0) is 21.7. The van der Waals surface area contributed by atoms with Crippen molar-refractivity contribution in [1.82, 2.24) is 14.8 Å². The van der Waals surface area contributed by atoms with Gasteiger partial charge in [0.2, 0.25) is 0 Å². The highest BCUT2D eigenvalue weighted by atomic mass is 35.5. The van der Waals surface area contributed by atoms with Crippen LogP contribution in [-0.2, 0) is 14.3 Å². The van der Waals surface area contributed by atoms with Crippen molar-refractivity contribution in [2.75, 3.05) is 5.32 Å². The summed E-state index contributed by atoms with van der Waals surface area (Å²) < 4.78 is 7.00. The fraction of sp³-hybridized carbons (Fsp3) is 0.182. The maximum atomic E-state index is 12.2. The minimum atomic E-state index is -1.01. The summed E-state index contributed by atoms with van der Waals surface area (Å²) in [6, 6.07) is 13.0. The van der Waals surface area contributed by atoms with Gasteiger partial charge in [0.05, 0.1) is 17.1 Å². The Morgan fingerprint density at radius 2 is 1.90 bits per heavy atom. The number of para-hydroxylation sites is 1. The first-order valence-corrected chi connectivity index (χ1v) is 9.66. The van der Waals surface area contributed by atoms with Crippen LogP contribution in [0, 0.1) is 13.8 Å². The van der Waals surface area contributed by atoms with Crippen LogP contribution in [0.4, 0.5) is 5.69 Å². The third-order valence-corrected chi connectivity index (χ3v) is 4.71. The number of esters is 1. The Hall–Kier alpha value is -3.45. The van der Waals surface area contributed by atoms with Crippen molar-refractivity contribution in [1.29, 1.82) is 0 Å². The lowest BCUT2D eigenvalue weighted by Gasteiger charge is -2.12. The first-order valence-electron chi connectivity index (χ1n) is 9.28. The van der Waals surface area contributed by atoms with Crippen molar-refractivity contribution in [3.8, 4) is 5.69 Å². The van der Waals surface area contributed by atoms with Gasteiger partial charge in [0.25, 0.3) is 5.91 Å². The molecule has 0 spiro atoms. The lowest BCUT2D eigenvalue weighted by atomic mass is 10.2. The van der Waals surface area contributed by atoms with E-state index in [0.29, 0.717) is 5.69 Å². The fourth-order valence-corrected chi connectivity index (χ4v) is 3.02. The molecule has 0 fully saturated rings. The number of aryl methyl sites for hydroxylation is 1. The molecule has 0 saturated carbocycles. The van der Waals surface area contributed by atoms with Gasteiger partial charge in [0.15, 0.2) is 11.3 Å². The van der Waals surface area contributed by atoms with E-state index in [9.17, 15) is 9.59 Å². The number of benzene rings is 1. The highest BCUT2D eigenvalue weighted by Crippen LogP contribution is 2.20. The Bertz CT molecular complexity index is 1090. The van der Waals surface area contributed by atoms with Gasteiger partial charge < -0.3 is 10.1 Å². The van der Waals surface area contributed by atoms with Gasteiger partial charge in [-0.15, -0.1) is 0 Å².